The predicted octanol–water partition coefficient (Wildman–Crippen LogP) is 4.04. The minimum Gasteiger partial charge on any atom is -0.305 e. The van der Waals surface area contributed by atoms with Gasteiger partial charge in [0, 0.05) is 6.04 Å². The number of aromatic nitrogens is 1. The number of nitrogens with zero attached hydrogens (tertiary/aromatic N) is 1. The van der Waals surface area contributed by atoms with Gasteiger partial charge in [-0.15, -0.1) is 0 Å². The molecular weight excluding hydrogens is 286 g/mol. The second kappa shape index (κ2) is 6.27. The number of pyridine rings is 1. The number of benzene rings is 1. The molecule has 0 N–H and O–H groups in total. The van der Waals surface area contributed by atoms with Crippen LogP contribution in [0.4, 0.5) is 0 Å². The smallest absolute Gasteiger partial charge is 0.263 e. The van der Waals surface area contributed by atoms with Gasteiger partial charge in [-0.05, 0) is 55.1 Å². The van der Waals surface area contributed by atoms with Crippen LogP contribution in [0.1, 0.15) is 42.7 Å². The van der Waals surface area contributed by atoms with E-state index in [-0.39, 0.29) is 17.2 Å². The van der Waals surface area contributed by atoms with Gasteiger partial charge in [0.05, 0.1) is 11.3 Å². The third-order valence-corrected chi connectivity index (χ3v) is 3.71. The van der Waals surface area contributed by atoms with Gasteiger partial charge in [-0.3, -0.25) is 9.59 Å². The first-order chi connectivity index (χ1) is 9.95. The van der Waals surface area contributed by atoms with Gasteiger partial charge in [-0.25, -0.2) is 0 Å². The molecule has 0 saturated carbocycles. The zero-order chi connectivity index (χ0) is 15.6. The number of carbonyl (C=O) groups is 1. The molecule has 0 fully saturated rings. The van der Waals surface area contributed by atoms with E-state index in [1.807, 2.05) is 38.1 Å². The predicted molar refractivity (Wildman–Crippen MR) is 86.1 cm³/mol. The average molecular weight is 304 g/mol. The molecule has 0 atom stereocenters. The summed E-state index contributed by atoms with van der Waals surface area (Å²) < 4.78 is 1.61. The summed E-state index contributed by atoms with van der Waals surface area (Å²) in [7, 11) is 0. The van der Waals surface area contributed by atoms with Crippen molar-refractivity contribution in [1.82, 2.24) is 4.57 Å². The van der Waals surface area contributed by atoms with Crippen molar-refractivity contribution in [3.63, 3.8) is 0 Å². The zero-order valence-electron chi connectivity index (χ0n) is 12.4. The molecule has 0 unspecified atom stereocenters. The Balaban J connectivity index is 2.65. The Labute approximate surface area is 129 Å². The minimum absolute atomic E-state index is 0.0132. The Kier molecular flexibility index (Phi) is 4.63. The lowest BCUT2D eigenvalue weighted by Crippen LogP contribution is -2.27. The van der Waals surface area contributed by atoms with Gasteiger partial charge < -0.3 is 4.57 Å². The maximum Gasteiger partial charge on any atom is 0.263 e. The van der Waals surface area contributed by atoms with Crippen LogP contribution >= 0.6 is 11.6 Å². The fourth-order valence-electron chi connectivity index (χ4n) is 2.36. The Morgan fingerprint density at radius 2 is 1.76 bits per heavy atom. The molecule has 0 saturated heterocycles. The van der Waals surface area contributed by atoms with Gasteiger partial charge in [-0.1, -0.05) is 31.2 Å². The number of carbonyl (C=O) groups excluding carboxylic acids is 1. The lowest BCUT2D eigenvalue weighted by atomic mass is 10.1. The molecule has 1 aromatic carbocycles. The highest BCUT2D eigenvalue weighted by molar-refractivity contribution is 6.67. The Hall–Kier alpha value is -1.87. The molecule has 0 bridgehead atoms. The molecule has 0 spiro atoms. The van der Waals surface area contributed by atoms with Gasteiger partial charge in [0.2, 0.25) is 0 Å². The molecule has 2 rings (SSSR count). The van der Waals surface area contributed by atoms with E-state index in [4.69, 9.17) is 11.6 Å². The van der Waals surface area contributed by atoms with Crippen molar-refractivity contribution in [2.45, 2.75) is 33.2 Å². The second-order valence-electron chi connectivity index (χ2n) is 5.23. The lowest BCUT2D eigenvalue weighted by Gasteiger charge is -2.17. The van der Waals surface area contributed by atoms with Gasteiger partial charge in [0.25, 0.3) is 10.8 Å². The number of hydrogen-bond acceptors (Lipinski definition) is 2. The summed E-state index contributed by atoms with van der Waals surface area (Å²) in [6.45, 7) is 5.92. The molecule has 3 nitrogen and oxygen atoms in total. The van der Waals surface area contributed by atoms with Crippen LogP contribution in [0.3, 0.4) is 0 Å². The molecule has 0 aliphatic carbocycles. The molecule has 0 radical (unpaired) electrons. The summed E-state index contributed by atoms with van der Waals surface area (Å²) in [5.41, 5.74) is 2.65. The molecule has 1 aromatic heterocycles. The molecule has 1 heterocycles. The summed E-state index contributed by atoms with van der Waals surface area (Å²) in [6, 6.07) is 11.3. The van der Waals surface area contributed by atoms with Crippen molar-refractivity contribution < 1.29 is 4.79 Å². The van der Waals surface area contributed by atoms with E-state index in [0.717, 1.165) is 17.7 Å². The van der Waals surface area contributed by atoms with E-state index in [0.29, 0.717) is 0 Å². The molecule has 110 valence electrons. The maximum atomic E-state index is 12.4. The summed E-state index contributed by atoms with van der Waals surface area (Å²) >= 11 is 5.47. The second-order valence-corrected chi connectivity index (χ2v) is 5.57. The van der Waals surface area contributed by atoms with Gasteiger partial charge in [-0.2, -0.15) is 0 Å². The summed E-state index contributed by atoms with van der Waals surface area (Å²) in [4.78, 5) is 23.8. The van der Waals surface area contributed by atoms with E-state index in [2.05, 4.69) is 6.92 Å². The van der Waals surface area contributed by atoms with Crippen LogP contribution in [0.15, 0.2) is 41.2 Å². The lowest BCUT2D eigenvalue weighted by molar-refractivity contribution is 0.107. The van der Waals surface area contributed by atoms with Crippen LogP contribution in [-0.4, -0.2) is 9.81 Å². The largest absolute Gasteiger partial charge is 0.305 e. The summed E-state index contributed by atoms with van der Waals surface area (Å²) in [6.07, 6.45) is 0.969. The van der Waals surface area contributed by atoms with Crippen LogP contribution in [0.25, 0.3) is 11.3 Å². The van der Waals surface area contributed by atoms with Gasteiger partial charge in [0.1, 0.15) is 0 Å². The molecule has 2 aromatic rings. The molecule has 0 aliphatic rings. The fourth-order valence-corrected chi connectivity index (χ4v) is 2.51. The van der Waals surface area contributed by atoms with E-state index in [1.165, 1.54) is 11.6 Å². The Bertz CT molecular complexity index is 715. The maximum absolute atomic E-state index is 12.4. The van der Waals surface area contributed by atoms with Crippen molar-refractivity contribution in [2.24, 2.45) is 0 Å². The van der Waals surface area contributed by atoms with Crippen LogP contribution < -0.4 is 5.56 Å². The monoisotopic (exact) mass is 303 g/mol. The topological polar surface area (TPSA) is 39.1 Å². The van der Waals surface area contributed by atoms with Crippen molar-refractivity contribution >= 4 is 16.8 Å². The van der Waals surface area contributed by atoms with Crippen molar-refractivity contribution in [3.05, 3.63) is 57.9 Å². The van der Waals surface area contributed by atoms with Crippen molar-refractivity contribution in [1.29, 1.82) is 0 Å². The molecule has 4 heteroatoms. The third-order valence-electron chi connectivity index (χ3n) is 3.50. The molecule has 0 amide bonds. The summed E-state index contributed by atoms with van der Waals surface area (Å²) in [5.74, 6) is 0. The molecule has 0 aliphatic heterocycles. The standard InChI is InChI=1S/C17H18ClNO2/c1-4-12-5-7-13(8-6-12)15-10-9-14(16(18)20)17(21)19(15)11(2)3/h5-11H,4H2,1-3H3. The van der Waals surface area contributed by atoms with Crippen molar-refractivity contribution in [3.8, 4) is 11.3 Å². The number of hydrogen-bond donors (Lipinski definition) is 0. The van der Waals surface area contributed by atoms with Crippen LogP contribution in [0.5, 0.6) is 0 Å². The van der Waals surface area contributed by atoms with Gasteiger partial charge in [0.15, 0.2) is 0 Å². The van der Waals surface area contributed by atoms with E-state index < -0.39 is 5.24 Å². The molecular formula is C17H18ClNO2. The van der Waals surface area contributed by atoms with Gasteiger partial charge >= 0.3 is 0 Å². The number of aryl methyl sites for hydroxylation is 1. The SMILES string of the molecule is CCc1ccc(-c2ccc(C(=O)Cl)c(=O)n2C(C)C)cc1. The van der Waals surface area contributed by atoms with Crippen molar-refractivity contribution in [2.75, 3.05) is 0 Å². The highest BCUT2D eigenvalue weighted by Gasteiger charge is 2.16. The summed E-state index contributed by atoms with van der Waals surface area (Å²) in [5, 5.41) is -0.720. The van der Waals surface area contributed by atoms with E-state index in [9.17, 15) is 9.59 Å². The number of halogens is 1. The average Bonchev–Trinajstić information content (AvgIpc) is 2.46. The highest BCUT2D eigenvalue weighted by Crippen LogP contribution is 2.22. The zero-order valence-corrected chi connectivity index (χ0v) is 13.1. The van der Waals surface area contributed by atoms with E-state index in [1.54, 1.807) is 10.6 Å². The first-order valence-corrected chi connectivity index (χ1v) is 7.38. The number of rotatable bonds is 4. The Morgan fingerprint density at radius 1 is 1.14 bits per heavy atom. The van der Waals surface area contributed by atoms with Crippen LogP contribution in [0.2, 0.25) is 0 Å². The quantitative estimate of drug-likeness (QED) is 0.800. The minimum atomic E-state index is -0.720. The fraction of sp³-hybridized carbons (Fsp3) is 0.294. The molecule has 21 heavy (non-hydrogen) atoms. The Morgan fingerprint density at radius 3 is 2.24 bits per heavy atom. The highest BCUT2D eigenvalue weighted by atomic mass is 35.5. The van der Waals surface area contributed by atoms with Crippen LogP contribution in [-0.2, 0) is 6.42 Å². The third kappa shape index (κ3) is 3.08. The first kappa shape index (κ1) is 15.5. The first-order valence-electron chi connectivity index (χ1n) is 7.00. The van der Waals surface area contributed by atoms with Crippen LogP contribution in [0, 0.1) is 0 Å². The normalized spacial score (nSPS) is 10.9. The van der Waals surface area contributed by atoms with E-state index >= 15 is 0 Å².